The molecule has 0 saturated carbocycles. The number of aliphatic hydroxyl groups excluding tert-OH is 4. The molecule has 2 heterocycles. The third-order valence-electron chi connectivity index (χ3n) is 9.10. The SMILES string of the molecule is CC(=O)Oc1cc(CO)c2c(c1C=Cc1ccccc1)C(=O)c1cc(O[C@H]3O[C@H](C)[C@@H](O)[C@@H](O)[C@H]3O)c(C3CCNCC3)c(O)c1C2=O. The fourth-order valence-corrected chi connectivity index (χ4v) is 6.66. The van der Waals surface area contributed by atoms with E-state index in [9.17, 15) is 39.9 Å². The Bertz CT molecular complexity index is 1780. The number of rotatable bonds is 7. The van der Waals surface area contributed by atoms with Crippen LogP contribution in [0, 0.1) is 0 Å². The van der Waals surface area contributed by atoms with Crippen molar-refractivity contribution < 1.29 is 54.1 Å². The lowest BCUT2D eigenvalue weighted by molar-refractivity contribution is -0.268. The second-order valence-electron chi connectivity index (χ2n) is 12.2. The lowest BCUT2D eigenvalue weighted by atomic mass is 9.76. The lowest BCUT2D eigenvalue weighted by Crippen LogP contribution is -2.58. The minimum atomic E-state index is -1.68. The van der Waals surface area contributed by atoms with Gasteiger partial charge in [-0.15, -0.1) is 0 Å². The molecule has 2 fully saturated rings. The van der Waals surface area contributed by atoms with Crippen molar-refractivity contribution in [3.05, 3.63) is 87.0 Å². The molecule has 5 atom stereocenters. The minimum Gasteiger partial charge on any atom is -0.507 e. The first-order valence-corrected chi connectivity index (χ1v) is 15.8. The highest BCUT2D eigenvalue weighted by molar-refractivity contribution is 6.31. The van der Waals surface area contributed by atoms with Crippen LogP contribution >= 0.6 is 0 Å². The van der Waals surface area contributed by atoms with Crippen molar-refractivity contribution in [1.29, 1.82) is 0 Å². The molecule has 6 rings (SSSR count). The summed E-state index contributed by atoms with van der Waals surface area (Å²) in [4.78, 5) is 41.1. The number of ether oxygens (including phenoxy) is 3. The van der Waals surface area contributed by atoms with Gasteiger partial charge in [-0.1, -0.05) is 36.4 Å². The summed E-state index contributed by atoms with van der Waals surface area (Å²) >= 11 is 0. The number of carbonyl (C=O) groups is 3. The van der Waals surface area contributed by atoms with Crippen LogP contribution in [0.4, 0.5) is 0 Å². The smallest absolute Gasteiger partial charge is 0.308 e. The highest BCUT2D eigenvalue weighted by Crippen LogP contribution is 2.48. The van der Waals surface area contributed by atoms with Gasteiger partial charge in [-0.25, -0.2) is 0 Å². The average molecular weight is 660 g/mol. The maximum Gasteiger partial charge on any atom is 0.308 e. The number of hydrogen-bond donors (Lipinski definition) is 6. The van der Waals surface area contributed by atoms with Gasteiger partial charge in [-0.3, -0.25) is 14.4 Å². The van der Waals surface area contributed by atoms with Crippen molar-refractivity contribution in [2.24, 2.45) is 0 Å². The monoisotopic (exact) mass is 659 g/mol. The number of fused-ring (bicyclic) bond motifs is 2. The van der Waals surface area contributed by atoms with Crippen LogP contribution in [0.3, 0.4) is 0 Å². The molecule has 252 valence electrons. The van der Waals surface area contributed by atoms with Crippen LogP contribution < -0.4 is 14.8 Å². The van der Waals surface area contributed by atoms with E-state index in [2.05, 4.69) is 5.32 Å². The number of phenols is 1. The van der Waals surface area contributed by atoms with Gasteiger partial charge < -0.3 is 45.1 Å². The third-order valence-corrected chi connectivity index (χ3v) is 9.10. The second-order valence-corrected chi connectivity index (χ2v) is 12.2. The van der Waals surface area contributed by atoms with E-state index in [4.69, 9.17) is 14.2 Å². The summed E-state index contributed by atoms with van der Waals surface area (Å²) in [7, 11) is 0. The number of benzene rings is 3. The number of ketones is 2. The lowest BCUT2D eigenvalue weighted by Gasteiger charge is -2.39. The number of carbonyl (C=O) groups excluding carboxylic acids is 3. The molecule has 3 aromatic rings. The summed E-state index contributed by atoms with van der Waals surface area (Å²) in [6, 6.07) is 11.8. The molecule has 48 heavy (non-hydrogen) atoms. The van der Waals surface area contributed by atoms with Crippen LogP contribution in [0.1, 0.15) is 86.7 Å². The van der Waals surface area contributed by atoms with Gasteiger partial charge in [-0.05, 0) is 68.1 Å². The van der Waals surface area contributed by atoms with Crippen LogP contribution in [-0.2, 0) is 16.1 Å². The highest BCUT2D eigenvalue weighted by Gasteiger charge is 2.45. The summed E-state index contributed by atoms with van der Waals surface area (Å²) in [6.45, 7) is 3.22. The van der Waals surface area contributed by atoms with Crippen molar-refractivity contribution in [3.8, 4) is 17.2 Å². The molecule has 0 unspecified atom stereocenters. The third kappa shape index (κ3) is 6.02. The van der Waals surface area contributed by atoms with Gasteiger partial charge in [0, 0.05) is 34.7 Å². The molecule has 0 radical (unpaired) electrons. The van der Waals surface area contributed by atoms with E-state index in [1.807, 2.05) is 30.3 Å². The fourth-order valence-electron chi connectivity index (χ4n) is 6.66. The van der Waals surface area contributed by atoms with Crippen molar-refractivity contribution >= 4 is 29.7 Å². The number of aliphatic hydroxyl groups is 4. The van der Waals surface area contributed by atoms with E-state index >= 15 is 0 Å². The van der Waals surface area contributed by atoms with Gasteiger partial charge in [0.05, 0.1) is 18.3 Å². The number of aromatic hydroxyl groups is 1. The first-order valence-electron chi connectivity index (χ1n) is 15.8. The number of phenolic OH excluding ortho intramolecular Hbond substituents is 1. The summed E-state index contributed by atoms with van der Waals surface area (Å²) < 4.78 is 17.3. The molecule has 6 N–H and O–H groups in total. The zero-order chi connectivity index (χ0) is 34.3. The summed E-state index contributed by atoms with van der Waals surface area (Å²) in [5, 5.41) is 56.9. The van der Waals surface area contributed by atoms with Crippen molar-refractivity contribution in [3.63, 3.8) is 0 Å². The van der Waals surface area contributed by atoms with Crippen LogP contribution in [0.2, 0.25) is 0 Å². The molecule has 0 amide bonds. The van der Waals surface area contributed by atoms with Crippen molar-refractivity contribution in [2.75, 3.05) is 13.1 Å². The van der Waals surface area contributed by atoms with E-state index in [0.717, 1.165) is 5.56 Å². The fraction of sp³-hybridized carbons (Fsp3) is 0.361. The zero-order valence-electron chi connectivity index (χ0n) is 26.4. The minimum absolute atomic E-state index is 0.0329. The van der Waals surface area contributed by atoms with Gasteiger partial charge in [0.15, 0.2) is 11.6 Å². The molecule has 12 heteroatoms. The Hall–Kier alpha value is -4.43. The Morgan fingerprint density at radius 3 is 2.31 bits per heavy atom. The predicted octanol–water partition coefficient (Wildman–Crippen LogP) is 2.43. The first-order chi connectivity index (χ1) is 23.0. The highest BCUT2D eigenvalue weighted by atomic mass is 16.7. The molecular formula is C36H37NO11. The molecule has 3 aromatic carbocycles. The molecular weight excluding hydrogens is 622 g/mol. The molecule has 2 saturated heterocycles. The molecule has 12 nitrogen and oxygen atoms in total. The largest absolute Gasteiger partial charge is 0.507 e. The molecule has 0 bridgehead atoms. The maximum atomic E-state index is 14.5. The standard InChI is InChI=1S/C36H37NO11/c1-17-30(40)34(44)35(45)36(46-17)48-25-15-23-29(32(42)26(25)20-10-12-37-13-11-20)33(43)27-21(16-38)14-24(47-18(2)39)22(28(27)31(23)41)9-8-19-6-4-3-5-7-19/h3-9,14-15,17,20,30,34-38,40,42,44-45H,10-13,16H2,1-2H3/t17-,30-,34-,35-,36-/m1/s1. The van der Waals surface area contributed by atoms with Crippen LogP contribution in [0.15, 0.2) is 42.5 Å². The van der Waals surface area contributed by atoms with Gasteiger partial charge in [0.2, 0.25) is 6.29 Å². The second kappa shape index (κ2) is 13.6. The Kier molecular flexibility index (Phi) is 9.48. The molecule has 0 spiro atoms. The first kappa shape index (κ1) is 33.5. The van der Waals surface area contributed by atoms with E-state index in [1.54, 1.807) is 12.2 Å². The van der Waals surface area contributed by atoms with Gasteiger partial charge in [0.1, 0.15) is 35.6 Å². The summed E-state index contributed by atoms with van der Waals surface area (Å²) in [5.41, 5.74) is 0.394. The van der Waals surface area contributed by atoms with Gasteiger partial charge in [0.25, 0.3) is 0 Å². The topological polar surface area (TPSA) is 192 Å². The summed E-state index contributed by atoms with van der Waals surface area (Å²) in [6.07, 6.45) is -2.74. The van der Waals surface area contributed by atoms with Crippen LogP contribution in [-0.4, -0.2) is 86.9 Å². The molecule has 3 aliphatic rings. The quantitative estimate of drug-likeness (QED) is 0.0966. The number of hydrogen-bond acceptors (Lipinski definition) is 12. The van der Waals surface area contributed by atoms with Crippen molar-refractivity contribution in [1.82, 2.24) is 5.32 Å². The average Bonchev–Trinajstić information content (AvgIpc) is 3.08. The van der Waals surface area contributed by atoms with Gasteiger partial charge >= 0.3 is 5.97 Å². The Balaban J connectivity index is 1.55. The van der Waals surface area contributed by atoms with Crippen molar-refractivity contribution in [2.45, 2.75) is 69.9 Å². The summed E-state index contributed by atoms with van der Waals surface area (Å²) in [5.74, 6) is -2.99. The molecule has 1 aliphatic carbocycles. The van der Waals surface area contributed by atoms with E-state index < -0.39 is 60.6 Å². The zero-order valence-corrected chi connectivity index (χ0v) is 26.4. The Morgan fingerprint density at radius 2 is 1.65 bits per heavy atom. The predicted molar refractivity (Wildman–Crippen MR) is 172 cm³/mol. The van der Waals surface area contributed by atoms with E-state index in [0.29, 0.717) is 25.9 Å². The normalized spacial score (nSPS) is 24.3. The Labute approximate surface area is 276 Å². The Morgan fingerprint density at radius 1 is 0.938 bits per heavy atom. The van der Waals surface area contributed by atoms with Crippen LogP contribution in [0.5, 0.6) is 17.2 Å². The van der Waals surface area contributed by atoms with Gasteiger partial charge in [-0.2, -0.15) is 0 Å². The molecule has 0 aromatic heterocycles. The number of nitrogens with one attached hydrogen (secondary N) is 1. The number of esters is 1. The molecule has 2 aliphatic heterocycles. The maximum absolute atomic E-state index is 14.5. The van der Waals surface area contributed by atoms with E-state index in [-0.39, 0.29) is 56.4 Å². The van der Waals surface area contributed by atoms with Crippen LogP contribution in [0.25, 0.3) is 12.2 Å². The number of piperidine rings is 1. The van der Waals surface area contributed by atoms with E-state index in [1.165, 1.54) is 26.0 Å².